The summed E-state index contributed by atoms with van der Waals surface area (Å²) in [5, 5.41) is 0. The fourth-order valence-corrected chi connectivity index (χ4v) is 4.05. The van der Waals surface area contributed by atoms with Crippen LogP contribution < -0.4 is 9.47 Å². The SMILES string of the molecule is CCC(C(=O)c1ncco1)C1CCN(Cc2ccc3c(c2)OCO3)CC1. The first-order valence-corrected chi connectivity index (χ1v) is 9.29. The molecule has 2 aliphatic heterocycles. The van der Waals surface area contributed by atoms with E-state index in [1.165, 1.54) is 18.0 Å². The highest BCUT2D eigenvalue weighted by Crippen LogP contribution is 2.34. The Morgan fingerprint density at radius 1 is 1.27 bits per heavy atom. The van der Waals surface area contributed by atoms with E-state index in [9.17, 15) is 4.79 Å². The van der Waals surface area contributed by atoms with Gasteiger partial charge in [-0.15, -0.1) is 0 Å². The third-order valence-electron chi connectivity index (χ3n) is 5.46. The van der Waals surface area contributed by atoms with Crippen LogP contribution in [0, 0.1) is 11.8 Å². The van der Waals surface area contributed by atoms with Gasteiger partial charge in [-0.2, -0.15) is 0 Å². The fraction of sp³-hybridized carbons (Fsp3) is 0.500. The molecule has 1 aromatic heterocycles. The summed E-state index contributed by atoms with van der Waals surface area (Å²) in [5.74, 6) is 2.35. The molecule has 0 bridgehead atoms. The van der Waals surface area contributed by atoms with Gasteiger partial charge in [0, 0.05) is 12.5 Å². The first-order chi connectivity index (χ1) is 12.7. The molecule has 6 heteroatoms. The van der Waals surface area contributed by atoms with Crippen molar-refractivity contribution in [3.05, 3.63) is 42.1 Å². The maximum absolute atomic E-state index is 12.6. The second kappa shape index (κ2) is 7.50. The Hall–Kier alpha value is -2.34. The number of ether oxygens (including phenoxy) is 2. The number of fused-ring (bicyclic) bond motifs is 1. The number of Topliss-reactive ketones (excluding diaryl/α,β-unsaturated/α-hetero) is 1. The summed E-state index contributed by atoms with van der Waals surface area (Å²) >= 11 is 0. The van der Waals surface area contributed by atoms with Crippen molar-refractivity contribution in [3.63, 3.8) is 0 Å². The lowest BCUT2D eigenvalue weighted by atomic mass is 9.80. The number of ketones is 1. The number of rotatable bonds is 6. The van der Waals surface area contributed by atoms with E-state index in [1.807, 2.05) is 6.07 Å². The molecule has 138 valence electrons. The molecule has 0 N–H and O–H groups in total. The van der Waals surface area contributed by atoms with Crippen LogP contribution in [0.25, 0.3) is 0 Å². The molecule has 4 rings (SSSR count). The first-order valence-electron chi connectivity index (χ1n) is 9.29. The Morgan fingerprint density at radius 2 is 2.08 bits per heavy atom. The van der Waals surface area contributed by atoms with E-state index in [0.29, 0.717) is 12.7 Å². The number of aromatic nitrogens is 1. The molecule has 1 atom stereocenters. The quantitative estimate of drug-likeness (QED) is 0.738. The van der Waals surface area contributed by atoms with Crippen LogP contribution in [0.15, 0.2) is 35.1 Å². The van der Waals surface area contributed by atoms with E-state index in [2.05, 4.69) is 28.9 Å². The number of nitrogens with zero attached hydrogens (tertiary/aromatic N) is 2. The normalized spacial score (nSPS) is 18.8. The van der Waals surface area contributed by atoms with E-state index in [4.69, 9.17) is 13.9 Å². The van der Waals surface area contributed by atoms with Crippen molar-refractivity contribution in [1.82, 2.24) is 9.88 Å². The number of carbonyl (C=O) groups excluding carboxylic acids is 1. The van der Waals surface area contributed by atoms with Crippen LogP contribution in [0.5, 0.6) is 11.5 Å². The number of carbonyl (C=O) groups is 1. The summed E-state index contributed by atoms with van der Waals surface area (Å²) in [5.41, 5.74) is 1.23. The number of piperidine rings is 1. The van der Waals surface area contributed by atoms with Gasteiger partial charge in [0.1, 0.15) is 6.26 Å². The molecular weight excluding hydrogens is 332 g/mol. The number of oxazole rings is 1. The summed E-state index contributed by atoms with van der Waals surface area (Å²) in [6.07, 6.45) is 5.88. The number of hydrogen-bond acceptors (Lipinski definition) is 6. The Bertz CT molecular complexity index is 751. The van der Waals surface area contributed by atoms with Gasteiger partial charge in [0.15, 0.2) is 11.5 Å². The minimum absolute atomic E-state index is 0.00124. The summed E-state index contributed by atoms with van der Waals surface area (Å²) in [7, 11) is 0. The molecule has 2 aromatic rings. The van der Waals surface area contributed by atoms with Crippen LogP contribution in [0.1, 0.15) is 42.4 Å². The predicted molar refractivity (Wildman–Crippen MR) is 95.2 cm³/mol. The molecule has 0 saturated carbocycles. The lowest BCUT2D eigenvalue weighted by Gasteiger charge is -2.35. The molecule has 26 heavy (non-hydrogen) atoms. The van der Waals surface area contributed by atoms with Crippen LogP contribution in [-0.2, 0) is 6.54 Å². The summed E-state index contributed by atoms with van der Waals surface area (Å²) in [4.78, 5) is 19.1. The molecule has 3 heterocycles. The van der Waals surface area contributed by atoms with Crippen molar-refractivity contribution in [2.75, 3.05) is 19.9 Å². The molecule has 0 spiro atoms. The van der Waals surface area contributed by atoms with E-state index in [0.717, 1.165) is 50.4 Å². The average Bonchev–Trinajstić information content (AvgIpc) is 3.35. The highest BCUT2D eigenvalue weighted by Gasteiger charge is 2.32. The zero-order chi connectivity index (χ0) is 17.9. The van der Waals surface area contributed by atoms with Gasteiger partial charge in [-0.1, -0.05) is 13.0 Å². The second-order valence-corrected chi connectivity index (χ2v) is 7.02. The lowest BCUT2D eigenvalue weighted by molar-refractivity contribution is 0.0750. The molecule has 2 aliphatic rings. The molecular formula is C20H24N2O4. The maximum Gasteiger partial charge on any atom is 0.263 e. The van der Waals surface area contributed by atoms with Gasteiger partial charge in [-0.3, -0.25) is 9.69 Å². The average molecular weight is 356 g/mol. The van der Waals surface area contributed by atoms with Crippen LogP contribution in [-0.4, -0.2) is 35.5 Å². The van der Waals surface area contributed by atoms with Crippen molar-refractivity contribution in [1.29, 1.82) is 0 Å². The Morgan fingerprint density at radius 3 is 2.81 bits per heavy atom. The summed E-state index contributed by atoms with van der Waals surface area (Å²) < 4.78 is 16.0. The molecule has 1 unspecified atom stereocenters. The smallest absolute Gasteiger partial charge is 0.263 e. The van der Waals surface area contributed by atoms with Crippen LogP contribution >= 0.6 is 0 Å². The summed E-state index contributed by atoms with van der Waals surface area (Å²) in [6, 6.07) is 6.14. The van der Waals surface area contributed by atoms with Crippen LogP contribution in [0.2, 0.25) is 0 Å². The number of benzene rings is 1. The van der Waals surface area contributed by atoms with Crippen LogP contribution in [0.3, 0.4) is 0 Å². The largest absolute Gasteiger partial charge is 0.454 e. The second-order valence-electron chi connectivity index (χ2n) is 7.02. The van der Waals surface area contributed by atoms with Crippen molar-refractivity contribution in [2.45, 2.75) is 32.7 Å². The Labute approximate surface area is 153 Å². The van der Waals surface area contributed by atoms with E-state index < -0.39 is 0 Å². The van der Waals surface area contributed by atoms with Gasteiger partial charge in [0.25, 0.3) is 5.89 Å². The Kier molecular flexibility index (Phi) is 4.93. The van der Waals surface area contributed by atoms with E-state index in [1.54, 1.807) is 0 Å². The van der Waals surface area contributed by atoms with Gasteiger partial charge in [-0.25, -0.2) is 4.98 Å². The van der Waals surface area contributed by atoms with Gasteiger partial charge < -0.3 is 13.9 Å². The fourth-order valence-electron chi connectivity index (χ4n) is 4.05. The van der Waals surface area contributed by atoms with E-state index in [-0.39, 0.29) is 17.6 Å². The Balaban J connectivity index is 1.34. The molecule has 0 radical (unpaired) electrons. The third-order valence-corrected chi connectivity index (χ3v) is 5.46. The molecule has 0 aliphatic carbocycles. The highest BCUT2D eigenvalue weighted by atomic mass is 16.7. The molecule has 1 saturated heterocycles. The van der Waals surface area contributed by atoms with Gasteiger partial charge >= 0.3 is 0 Å². The third kappa shape index (κ3) is 3.46. The van der Waals surface area contributed by atoms with Crippen LogP contribution in [0.4, 0.5) is 0 Å². The highest BCUT2D eigenvalue weighted by molar-refractivity contribution is 5.93. The van der Waals surface area contributed by atoms with E-state index >= 15 is 0 Å². The van der Waals surface area contributed by atoms with Crippen molar-refractivity contribution in [2.24, 2.45) is 11.8 Å². The monoisotopic (exact) mass is 356 g/mol. The minimum Gasteiger partial charge on any atom is -0.454 e. The van der Waals surface area contributed by atoms with Gasteiger partial charge in [0.05, 0.1) is 6.20 Å². The van der Waals surface area contributed by atoms with Crippen molar-refractivity contribution < 1.29 is 18.7 Å². The van der Waals surface area contributed by atoms with Gasteiger partial charge in [-0.05, 0) is 56.0 Å². The zero-order valence-electron chi connectivity index (χ0n) is 15.0. The number of hydrogen-bond donors (Lipinski definition) is 0. The zero-order valence-corrected chi connectivity index (χ0v) is 15.0. The minimum atomic E-state index is 0.00124. The molecule has 6 nitrogen and oxygen atoms in total. The van der Waals surface area contributed by atoms with Crippen molar-refractivity contribution in [3.8, 4) is 11.5 Å². The molecule has 0 amide bonds. The summed E-state index contributed by atoms with van der Waals surface area (Å²) in [6.45, 7) is 5.27. The lowest BCUT2D eigenvalue weighted by Crippen LogP contribution is -2.37. The molecule has 1 fully saturated rings. The standard InChI is InChI=1S/C20H24N2O4/c1-2-16(19(23)20-21-7-10-24-20)15-5-8-22(9-6-15)12-14-3-4-17-18(11-14)26-13-25-17/h3-4,7,10-11,15-16H,2,5-6,8-9,12-13H2,1H3. The number of likely N-dealkylation sites (tertiary alicyclic amines) is 1. The van der Waals surface area contributed by atoms with Gasteiger partial charge in [0.2, 0.25) is 12.6 Å². The topological polar surface area (TPSA) is 64.8 Å². The first kappa shape index (κ1) is 17.1. The molecule has 1 aromatic carbocycles. The maximum atomic E-state index is 12.6. The van der Waals surface area contributed by atoms with Crippen molar-refractivity contribution >= 4 is 5.78 Å². The predicted octanol–water partition coefficient (Wildman–Crippen LogP) is 3.52.